The molecule has 1 aliphatic rings. The molecule has 1 rings (SSSR count). The van der Waals surface area contributed by atoms with Crippen LogP contribution in [0.4, 0.5) is 0 Å². The Morgan fingerprint density at radius 3 is 2.88 bits per heavy atom. The molecule has 2 unspecified atom stereocenters. The first kappa shape index (κ1) is 14.0. The van der Waals surface area contributed by atoms with E-state index in [2.05, 4.69) is 31.0 Å². The van der Waals surface area contributed by atoms with Gasteiger partial charge in [-0.25, -0.2) is 0 Å². The van der Waals surface area contributed by atoms with Crippen molar-refractivity contribution in [3.8, 4) is 0 Å². The molecule has 2 nitrogen and oxygen atoms in total. The molecule has 96 valence electrons. The van der Waals surface area contributed by atoms with Crippen LogP contribution in [0.15, 0.2) is 0 Å². The van der Waals surface area contributed by atoms with Crippen molar-refractivity contribution >= 4 is 0 Å². The number of likely N-dealkylation sites (tertiary alicyclic amines) is 1. The molecule has 1 aliphatic heterocycles. The van der Waals surface area contributed by atoms with Crippen molar-refractivity contribution < 1.29 is 0 Å². The van der Waals surface area contributed by atoms with E-state index >= 15 is 0 Å². The maximum atomic E-state index is 3.57. The Morgan fingerprint density at radius 1 is 1.38 bits per heavy atom. The molecule has 1 fully saturated rings. The summed E-state index contributed by atoms with van der Waals surface area (Å²) in [7, 11) is 0. The molecule has 1 heterocycles. The maximum absolute atomic E-state index is 3.57. The van der Waals surface area contributed by atoms with E-state index in [0.717, 1.165) is 11.8 Å². The van der Waals surface area contributed by atoms with E-state index in [0.29, 0.717) is 0 Å². The van der Waals surface area contributed by atoms with Crippen molar-refractivity contribution in [1.82, 2.24) is 10.2 Å². The predicted molar refractivity (Wildman–Crippen MR) is 71.8 cm³/mol. The first-order valence-corrected chi connectivity index (χ1v) is 7.19. The van der Waals surface area contributed by atoms with Crippen molar-refractivity contribution in [2.75, 3.05) is 32.7 Å². The van der Waals surface area contributed by atoms with Gasteiger partial charge in [-0.3, -0.25) is 0 Å². The number of hydrogen-bond acceptors (Lipinski definition) is 2. The van der Waals surface area contributed by atoms with Crippen LogP contribution in [-0.2, 0) is 0 Å². The molecule has 2 atom stereocenters. The number of hydrogen-bond donors (Lipinski definition) is 1. The minimum absolute atomic E-state index is 0.863. The third-order valence-electron chi connectivity index (χ3n) is 3.73. The van der Waals surface area contributed by atoms with Gasteiger partial charge in [-0.05, 0) is 50.7 Å². The van der Waals surface area contributed by atoms with Gasteiger partial charge in [0.25, 0.3) is 0 Å². The molecular weight excluding hydrogens is 196 g/mol. The van der Waals surface area contributed by atoms with E-state index in [1.807, 2.05) is 0 Å². The summed E-state index contributed by atoms with van der Waals surface area (Å²) in [6, 6.07) is 0. The monoisotopic (exact) mass is 226 g/mol. The Hall–Kier alpha value is -0.0800. The lowest BCUT2D eigenvalue weighted by molar-refractivity contribution is 0.152. The highest BCUT2D eigenvalue weighted by atomic mass is 15.1. The van der Waals surface area contributed by atoms with Crippen LogP contribution in [0.2, 0.25) is 0 Å². The minimum atomic E-state index is 0.863. The Balaban J connectivity index is 2.19. The average molecular weight is 226 g/mol. The summed E-state index contributed by atoms with van der Waals surface area (Å²) in [5.74, 6) is 1.76. The number of piperidine rings is 1. The summed E-state index contributed by atoms with van der Waals surface area (Å²) in [4.78, 5) is 2.68. The Kier molecular flexibility index (Phi) is 7.06. The number of rotatable bonds is 7. The van der Waals surface area contributed by atoms with Gasteiger partial charge < -0.3 is 10.2 Å². The molecular formula is C14H30N2. The lowest BCUT2D eigenvalue weighted by Gasteiger charge is -2.34. The summed E-state index contributed by atoms with van der Waals surface area (Å²) in [5.41, 5.74) is 0. The molecule has 0 bridgehead atoms. The van der Waals surface area contributed by atoms with Crippen LogP contribution >= 0.6 is 0 Å². The van der Waals surface area contributed by atoms with E-state index in [-0.39, 0.29) is 0 Å². The summed E-state index contributed by atoms with van der Waals surface area (Å²) >= 11 is 0. The van der Waals surface area contributed by atoms with Crippen molar-refractivity contribution in [3.63, 3.8) is 0 Å². The second-order valence-electron chi connectivity index (χ2n) is 5.49. The van der Waals surface area contributed by atoms with E-state index < -0.39 is 0 Å². The summed E-state index contributed by atoms with van der Waals surface area (Å²) in [6.45, 7) is 13.3. The molecule has 1 saturated heterocycles. The van der Waals surface area contributed by atoms with Crippen molar-refractivity contribution in [1.29, 1.82) is 0 Å². The van der Waals surface area contributed by atoms with Gasteiger partial charge in [0.05, 0.1) is 0 Å². The standard InChI is InChI=1S/C14H30N2/c1-4-8-15-10-14-7-6-9-16(12-14)11-13(3)5-2/h13-15H,4-12H2,1-3H3. The largest absolute Gasteiger partial charge is 0.316 e. The van der Waals surface area contributed by atoms with Crippen LogP contribution in [-0.4, -0.2) is 37.6 Å². The fourth-order valence-electron chi connectivity index (χ4n) is 2.54. The van der Waals surface area contributed by atoms with Gasteiger partial charge in [0.1, 0.15) is 0 Å². The van der Waals surface area contributed by atoms with Crippen LogP contribution in [0.3, 0.4) is 0 Å². The molecule has 0 aromatic carbocycles. The van der Waals surface area contributed by atoms with E-state index in [1.54, 1.807) is 0 Å². The second-order valence-corrected chi connectivity index (χ2v) is 5.49. The highest BCUT2D eigenvalue weighted by Crippen LogP contribution is 2.17. The lowest BCUT2D eigenvalue weighted by atomic mass is 9.96. The first-order chi connectivity index (χ1) is 7.76. The quantitative estimate of drug-likeness (QED) is 0.672. The summed E-state index contributed by atoms with van der Waals surface area (Å²) in [6.07, 6.45) is 5.39. The maximum Gasteiger partial charge on any atom is 0.00219 e. The highest BCUT2D eigenvalue weighted by molar-refractivity contribution is 4.75. The fraction of sp³-hybridized carbons (Fsp3) is 1.00. The van der Waals surface area contributed by atoms with Gasteiger partial charge in [-0.2, -0.15) is 0 Å². The van der Waals surface area contributed by atoms with Gasteiger partial charge in [-0.15, -0.1) is 0 Å². The Morgan fingerprint density at radius 2 is 2.19 bits per heavy atom. The number of nitrogens with zero attached hydrogens (tertiary/aromatic N) is 1. The van der Waals surface area contributed by atoms with E-state index in [9.17, 15) is 0 Å². The predicted octanol–water partition coefficient (Wildman–Crippen LogP) is 2.74. The molecule has 16 heavy (non-hydrogen) atoms. The third kappa shape index (κ3) is 5.31. The van der Waals surface area contributed by atoms with Crippen LogP contribution < -0.4 is 5.32 Å². The van der Waals surface area contributed by atoms with Crippen LogP contribution in [0, 0.1) is 11.8 Å². The highest BCUT2D eigenvalue weighted by Gasteiger charge is 2.20. The Labute approximate surface area is 102 Å². The molecule has 0 aromatic rings. The van der Waals surface area contributed by atoms with E-state index in [4.69, 9.17) is 0 Å². The summed E-state index contributed by atoms with van der Waals surface area (Å²) < 4.78 is 0. The zero-order valence-corrected chi connectivity index (χ0v) is 11.5. The van der Waals surface area contributed by atoms with Gasteiger partial charge in [-0.1, -0.05) is 27.2 Å². The number of nitrogens with one attached hydrogen (secondary N) is 1. The Bertz CT molecular complexity index is 170. The first-order valence-electron chi connectivity index (χ1n) is 7.19. The molecule has 0 saturated carbocycles. The normalized spacial score (nSPS) is 24.6. The molecule has 0 aromatic heterocycles. The third-order valence-corrected chi connectivity index (χ3v) is 3.73. The van der Waals surface area contributed by atoms with Gasteiger partial charge in [0, 0.05) is 13.1 Å². The van der Waals surface area contributed by atoms with Gasteiger partial charge >= 0.3 is 0 Å². The minimum Gasteiger partial charge on any atom is -0.316 e. The van der Waals surface area contributed by atoms with Crippen LogP contribution in [0.1, 0.15) is 46.5 Å². The molecule has 0 aliphatic carbocycles. The topological polar surface area (TPSA) is 15.3 Å². The van der Waals surface area contributed by atoms with E-state index in [1.165, 1.54) is 58.4 Å². The molecule has 0 radical (unpaired) electrons. The van der Waals surface area contributed by atoms with Crippen LogP contribution in [0.25, 0.3) is 0 Å². The molecule has 1 N–H and O–H groups in total. The molecule has 0 amide bonds. The molecule has 2 heteroatoms. The average Bonchev–Trinajstić information content (AvgIpc) is 2.30. The SMILES string of the molecule is CCCNCC1CCCN(CC(C)CC)C1. The molecule has 0 spiro atoms. The fourth-order valence-corrected chi connectivity index (χ4v) is 2.54. The van der Waals surface area contributed by atoms with Crippen molar-refractivity contribution in [2.24, 2.45) is 11.8 Å². The summed E-state index contributed by atoms with van der Waals surface area (Å²) in [5, 5.41) is 3.57. The smallest absolute Gasteiger partial charge is 0.00219 e. The van der Waals surface area contributed by atoms with Crippen molar-refractivity contribution in [2.45, 2.75) is 46.5 Å². The lowest BCUT2D eigenvalue weighted by Crippen LogP contribution is -2.41. The van der Waals surface area contributed by atoms with Gasteiger partial charge in [0.2, 0.25) is 0 Å². The van der Waals surface area contributed by atoms with Crippen LogP contribution in [0.5, 0.6) is 0 Å². The second kappa shape index (κ2) is 8.08. The zero-order valence-electron chi connectivity index (χ0n) is 11.5. The van der Waals surface area contributed by atoms with Crippen molar-refractivity contribution in [3.05, 3.63) is 0 Å². The zero-order chi connectivity index (χ0) is 11.8. The van der Waals surface area contributed by atoms with Gasteiger partial charge in [0.15, 0.2) is 0 Å².